The molecule has 0 saturated carbocycles. The van der Waals surface area contributed by atoms with Crippen LogP contribution in [0.4, 0.5) is 8.78 Å². The van der Waals surface area contributed by atoms with Gasteiger partial charge in [0, 0.05) is 18.3 Å². The van der Waals surface area contributed by atoms with E-state index in [2.05, 4.69) is 22.9 Å². The van der Waals surface area contributed by atoms with Gasteiger partial charge in [0.2, 0.25) is 0 Å². The van der Waals surface area contributed by atoms with Gasteiger partial charge in [0.25, 0.3) is 0 Å². The van der Waals surface area contributed by atoms with Gasteiger partial charge >= 0.3 is 6.61 Å². The predicted molar refractivity (Wildman–Crippen MR) is 85.0 cm³/mol. The Bertz CT molecular complexity index is 431. The second-order valence-electron chi connectivity index (χ2n) is 4.67. The van der Waals surface area contributed by atoms with Crippen LogP contribution in [0.2, 0.25) is 0 Å². The molecule has 0 aliphatic carbocycles. The first-order valence-electron chi connectivity index (χ1n) is 6.90. The Morgan fingerprint density at radius 1 is 1.33 bits per heavy atom. The molecule has 0 heterocycles. The Hall–Kier alpha value is -1.25. The Morgan fingerprint density at radius 3 is 2.67 bits per heavy atom. The molecule has 1 atom stereocenters. The van der Waals surface area contributed by atoms with E-state index in [1.54, 1.807) is 23.9 Å². The van der Waals surface area contributed by atoms with Crippen molar-refractivity contribution in [1.29, 1.82) is 0 Å². The maximum Gasteiger partial charge on any atom is 0.387 e. The van der Waals surface area contributed by atoms with Crippen LogP contribution in [-0.2, 0) is 6.42 Å². The summed E-state index contributed by atoms with van der Waals surface area (Å²) in [7, 11) is 0. The lowest BCUT2D eigenvalue weighted by Crippen LogP contribution is -2.28. The van der Waals surface area contributed by atoms with Crippen molar-refractivity contribution < 1.29 is 13.5 Å². The van der Waals surface area contributed by atoms with E-state index in [0.717, 1.165) is 36.5 Å². The molecule has 0 aromatic heterocycles. The van der Waals surface area contributed by atoms with Crippen molar-refractivity contribution in [3.05, 3.63) is 29.8 Å². The van der Waals surface area contributed by atoms with Crippen LogP contribution in [0.1, 0.15) is 18.9 Å². The minimum atomic E-state index is -2.77. The lowest BCUT2D eigenvalue weighted by atomic mass is 10.1. The highest BCUT2D eigenvalue weighted by molar-refractivity contribution is 7.99. The van der Waals surface area contributed by atoms with Crippen LogP contribution >= 0.6 is 11.8 Å². The summed E-state index contributed by atoms with van der Waals surface area (Å²) in [4.78, 5) is 0. The number of hydrogen-bond donors (Lipinski definition) is 1. The third kappa shape index (κ3) is 8.59. The number of nitrogens with one attached hydrogen (secondary N) is 1. The van der Waals surface area contributed by atoms with Crippen molar-refractivity contribution in [3.63, 3.8) is 0 Å². The van der Waals surface area contributed by atoms with Crippen LogP contribution in [0.15, 0.2) is 24.3 Å². The van der Waals surface area contributed by atoms with Gasteiger partial charge in [-0.15, -0.1) is 18.2 Å². The number of aryl methyl sites for hydroxylation is 1. The molecule has 0 bridgehead atoms. The molecule has 0 radical (unpaired) electrons. The van der Waals surface area contributed by atoms with Crippen LogP contribution in [-0.4, -0.2) is 30.7 Å². The molecule has 0 amide bonds. The number of terminal acetylenes is 1. The van der Waals surface area contributed by atoms with Gasteiger partial charge in [0.1, 0.15) is 5.75 Å². The van der Waals surface area contributed by atoms with Gasteiger partial charge in [-0.2, -0.15) is 8.78 Å². The molecule has 116 valence electrons. The summed E-state index contributed by atoms with van der Waals surface area (Å²) in [5.41, 5.74) is 1.12. The fourth-order valence-electron chi connectivity index (χ4n) is 1.83. The number of ether oxygens (including phenoxy) is 1. The van der Waals surface area contributed by atoms with Crippen molar-refractivity contribution in [2.24, 2.45) is 0 Å². The lowest BCUT2D eigenvalue weighted by Gasteiger charge is -2.13. The number of benzene rings is 1. The van der Waals surface area contributed by atoms with Crippen LogP contribution in [0.25, 0.3) is 0 Å². The molecule has 5 heteroatoms. The van der Waals surface area contributed by atoms with Crippen molar-refractivity contribution >= 4 is 11.8 Å². The van der Waals surface area contributed by atoms with E-state index in [0.29, 0.717) is 6.04 Å². The molecule has 0 aliphatic heterocycles. The second kappa shape index (κ2) is 10.5. The summed E-state index contributed by atoms with van der Waals surface area (Å²) in [6, 6.07) is 7.22. The van der Waals surface area contributed by atoms with Crippen molar-refractivity contribution in [3.8, 4) is 18.1 Å². The van der Waals surface area contributed by atoms with Crippen molar-refractivity contribution in [2.75, 3.05) is 18.1 Å². The largest absolute Gasteiger partial charge is 0.435 e. The third-order valence-electron chi connectivity index (χ3n) is 2.94. The SMILES string of the molecule is C#CCSCCNC(C)CCc1ccc(OC(F)F)cc1. The van der Waals surface area contributed by atoms with E-state index in [-0.39, 0.29) is 5.75 Å². The van der Waals surface area contributed by atoms with Gasteiger partial charge in [-0.1, -0.05) is 18.1 Å². The van der Waals surface area contributed by atoms with E-state index in [1.165, 1.54) is 0 Å². The van der Waals surface area contributed by atoms with Crippen molar-refractivity contribution in [1.82, 2.24) is 5.32 Å². The molecule has 0 saturated heterocycles. The Balaban J connectivity index is 2.20. The molecule has 0 aliphatic rings. The zero-order valence-electron chi connectivity index (χ0n) is 12.1. The fraction of sp³-hybridized carbons (Fsp3) is 0.500. The van der Waals surface area contributed by atoms with E-state index in [9.17, 15) is 8.78 Å². The maximum absolute atomic E-state index is 12.0. The molecule has 21 heavy (non-hydrogen) atoms. The smallest absolute Gasteiger partial charge is 0.387 e. The number of hydrogen-bond acceptors (Lipinski definition) is 3. The van der Waals surface area contributed by atoms with Gasteiger partial charge < -0.3 is 10.1 Å². The van der Waals surface area contributed by atoms with E-state index in [1.807, 2.05) is 12.1 Å². The predicted octanol–water partition coefficient (Wildman–Crippen LogP) is 3.57. The monoisotopic (exact) mass is 313 g/mol. The molecule has 2 nitrogen and oxygen atoms in total. The number of alkyl halides is 2. The molecular weight excluding hydrogens is 292 g/mol. The quantitative estimate of drug-likeness (QED) is 0.527. The van der Waals surface area contributed by atoms with Gasteiger partial charge in [0.15, 0.2) is 0 Å². The number of rotatable bonds is 10. The zero-order valence-corrected chi connectivity index (χ0v) is 13.0. The van der Waals surface area contributed by atoms with Crippen LogP contribution in [0, 0.1) is 12.3 Å². The lowest BCUT2D eigenvalue weighted by molar-refractivity contribution is -0.0498. The summed E-state index contributed by atoms with van der Waals surface area (Å²) in [6.45, 7) is 0.307. The average molecular weight is 313 g/mol. The first kappa shape index (κ1) is 17.8. The molecule has 1 aromatic carbocycles. The molecule has 0 fully saturated rings. The molecular formula is C16H21F2NOS. The minimum absolute atomic E-state index is 0.200. The summed E-state index contributed by atoms with van der Waals surface area (Å²) in [5, 5.41) is 3.44. The normalized spacial score (nSPS) is 12.1. The third-order valence-corrected chi connectivity index (χ3v) is 3.80. The molecule has 1 rings (SSSR count). The highest BCUT2D eigenvalue weighted by Gasteiger charge is 2.05. The van der Waals surface area contributed by atoms with E-state index in [4.69, 9.17) is 6.42 Å². The highest BCUT2D eigenvalue weighted by Crippen LogP contribution is 2.16. The zero-order chi connectivity index (χ0) is 15.5. The highest BCUT2D eigenvalue weighted by atomic mass is 32.2. The maximum atomic E-state index is 12.0. The molecule has 0 spiro atoms. The van der Waals surface area contributed by atoms with Gasteiger partial charge in [-0.3, -0.25) is 0 Å². The summed E-state index contributed by atoms with van der Waals surface area (Å²) in [5.74, 6) is 4.56. The summed E-state index contributed by atoms with van der Waals surface area (Å²) >= 11 is 1.74. The fourth-order valence-corrected chi connectivity index (χ4v) is 2.36. The van der Waals surface area contributed by atoms with Crippen LogP contribution in [0.3, 0.4) is 0 Å². The van der Waals surface area contributed by atoms with Crippen molar-refractivity contribution in [2.45, 2.75) is 32.4 Å². The van der Waals surface area contributed by atoms with Crippen LogP contribution < -0.4 is 10.1 Å². The summed E-state index contributed by atoms with van der Waals surface area (Å²) in [6.07, 6.45) is 7.08. The molecule has 1 aromatic rings. The summed E-state index contributed by atoms with van der Waals surface area (Å²) < 4.78 is 28.4. The van der Waals surface area contributed by atoms with Crippen LogP contribution in [0.5, 0.6) is 5.75 Å². The Labute approximate surface area is 129 Å². The van der Waals surface area contributed by atoms with E-state index >= 15 is 0 Å². The second-order valence-corrected chi connectivity index (χ2v) is 5.78. The Morgan fingerprint density at radius 2 is 2.05 bits per heavy atom. The number of thioether (sulfide) groups is 1. The molecule has 1 N–H and O–H groups in total. The molecule has 1 unspecified atom stereocenters. The standard InChI is InChI=1S/C16H21F2NOS/c1-3-11-21-12-10-19-13(2)4-5-14-6-8-15(9-7-14)20-16(17)18/h1,6-9,13,16,19H,4-5,10-12H2,2H3. The topological polar surface area (TPSA) is 21.3 Å². The first-order valence-corrected chi connectivity index (χ1v) is 8.05. The van der Waals surface area contributed by atoms with E-state index < -0.39 is 6.61 Å². The first-order chi connectivity index (χ1) is 10.1. The van der Waals surface area contributed by atoms with Gasteiger partial charge in [0.05, 0.1) is 5.75 Å². The minimum Gasteiger partial charge on any atom is -0.435 e. The Kier molecular flexibility index (Phi) is 8.88. The van der Waals surface area contributed by atoms with Gasteiger partial charge in [-0.05, 0) is 37.5 Å². The average Bonchev–Trinajstić information content (AvgIpc) is 2.46. The number of halogens is 2. The van der Waals surface area contributed by atoms with Gasteiger partial charge in [-0.25, -0.2) is 0 Å².